The lowest BCUT2D eigenvalue weighted by Crippen LogP contribution is -2.49. The Hall–Kier alpha value is -1.62. The van der Waals surface area contributed by atoms with Crippen molar-refractivity contribution in [3.8, 4) is 0 Å². The molecule has 0 radical (unpaired) electrons. The van der Waals surface area contributed by atoms with Gasteiger partial charge in [0, 0.05) is 32.2 Å². The number of carbonyl (C=O) groups is 1. The number of piperidine rings is 1. The SMILES string of the molecule is CCNC(=NCC(NC(=O)OCC)C1CC1)NC1CCN(Cc2ccc(F)cc2)CC1.I. The molecular formula is C23H37FIN5O2. The molecule has 9 heteroatoms. The molecule has 1 aromatic rings. The van der Waals surface area contributed by atoms with E-state index in [2.05, 4.69) is 27.8 Å². The molecule has 2 fully saturated rings. The predicted molar refractivity (Wildman–Crippen MR) is 136 cm³/mol. The smallest absolute Gasteiger partial charge is 0.407 e. The van der Waals surface area contributed by atoms with Crippen LogP contribution in [-0.4, -0.2) is 61.8 Å². The first kappa shape index (κ1) is 26.6. The first-order valence-corrected chi connectivity index (χ1v) is 11.5. The maximum atomic E-state index is 13.1. The van der Waals surface area contributed by atoms with Gasteiger partial charge in [0.1, 0.15) is 5.82 Å². The van der Waals surface area contributed by atoms with Crippen molar-refractivity contribution in [1.29, 1.82) is 0 Å². The molecule has 1 saturated carbocycles. The molecule has 3 rings (SSSR count). The monoisotopic (exact) mass is 561 g/mol. The Bertz CT molecular complexity index is 722. The molecule has 180 valence electrons. The number of rotatable bonds is 9. The number of hydrogen-bond acceptors (Lipinski definition) is 4. The topological polar surface area (TPSA) is 78.0 Å². The van der Waals surface area contributed by atoms with Crippen molar-refractivity contribution in [2.75, 3.05) is 32.8 Å². The van der Waals surface area contributed by atoms with E-state index in [1.807, 2.05) is 19.1 Å². The zero-order chi connectivity index (χ0) is 22.1. The lowest BCUT2D eigenvalue weighted by molar-refractivity contribution is 0.147. The fourth-order valence-electron chi connectivity index (χ4n) is 3.92. The molecule has 1 amide bonds. The summed E-state index contributed by atoms with van der Waals surface area (Å²) in [5.74, 6) is 1.10. The largest absolute Gasteiger partial charge is 0.450 e. The molecule has 1 heterocycles. The third-order valence-corrected chi connectivity index (χ3v) is 5.81. The first-order valence-electron chi connectivity index (χ1n) is 11.5. The number of nitrogens with zero attached hydrogens (tertiary/aromatic N) is 2. The van der Waals surface area contributed by atoms with E-state index in [0.717, 1.165) is 63.4 Å². The fourth-order valence-corrected chi connectivity index (χ4v) is 3.92. The van der Waals surface area contributed by atoms with E-state index in [9.17, 15) is 9.18 Å². The molecule has 32 heavy (non-hydrogen) atoms. The molecular weight excluding hydrogens is 524 g/mol. The van der Waals surface area contributed by atoms with Crippen molar-refractivity contribution in [3.05, 3.63) is 35.6 Å². The van der Waals surface area contributed by atoms with Crippen LogP contribution in [0, 0.1) is 11.7 Å². The first-order chi connectivity index (χ1) is 15.1. The molecule has 1 atom stereocenters. The average Bonchev–Trinajstić information content (AvgIpc) is 3.60. The Kier molecular flexibility index (Phi) is 11.5. The number of aliphatic imine (C=N–C) groups is 1. The molecule has 1 aliphatic heterocycles. The van der Waals surface area contributed by atoms with Gasteiger partial charge in [-0.1, -0.05) is 12.1 Å². The summed E-state index contributed by atoms with van der Waals surface area (Å²) in [6, 6.07) is 7.14. The second-order valence-electron chi connectivity index (χ2n) is 8.35. The van der Waals surface area contributed by atoms with Gasteiger partial charge < -0.3 is 20.7 Å². The zero-order valence-corrected chi connectivity index (χ0v) is 21.4. The summed E-state index contributed by atoms with van der Waals surface area (Å²) in [7, 11) is 0. The van der Waals surface area contributed by atoms with Crippen molar-refractivity contribution in [3.63, 3.8) is 0 Å². The Labute approximate surface area is 208 Å². The molecule has 0 spiro atoms. The van der Waals surface area contributed by atoms with E-state index in [1.165, 1.54) is 12.1 Å². The van der Waals surface area contributed by atoms with Crippen LogP contribution in [0.2, 0.25) is 0 Å². The number of ether oxygens (including phenoxy) is 1. The van der Waals surface area contributed by atoms with Crippen LogP contribution in [0.25, 0.3) is 0 Å². The lowest BCUT2D eigenvalue weighted by Gasteiger charge is -2.33. The van der Waals surface area contributed by atoms with Crippen LogP contribution in [0.5, 0.6) is 0 Å². The predicted octanol–water partition coefficient (Wildman–Crippen LogP) is 3.49. The highest BCUT2D eigenvalue weighted by molar-refractivity contribution is 14.0. The van der Waals surface area contributed by atoms with E-state index in [4.69, 9.17) is 9.73 Å². The summed E-state index contributed by atoms with van der Waals surface area (Å²) in [5.41, 5.74) is 1.14. The number of hydrogen-bond donors (Lipinski definition) is 3. The minimum atomic E-state index is -0.360. The number of guanidine groups is 1. The van der Waals surface area contributed by atoms with Gasteiger partial charge >= 0.3 is 6.09 Å². The third kappa shape index (κ3) is 9.09. The maximum Gasteiger partial charge on any atom is 0.407 e. The molecule has 1 saturated heterocycles. The highest BCUT2D eigenvalue weighted by Gasteiger charge is 2.32. The number of nitrogens with one attached hydrogen (secondary N) is 3. The van der Waals surface area contributed by atoms with Gasteiger partial charge in [-0.15, -0.1) is 24.0 Å². The molecule has 0 bridgehead atoms. The molecule has 0 aromatic heterocycles. The summed E-state index contributed by atoms with van der Waals surface area (Å²) in [6.45, 7) is 8.39. The second-order valence-corrected chi connectivity index (χ2v) is 8.35. The van der Waals surface area contributed by atoms with Gasteiger partial charge in [-0.3, -0.25) is 9.89 Å². The number of halogens is 2. The maximum absolute atomic E-state index is 13.1. The molecule has 1 aromatic carbocycles. The van der Waals surface area contributed by atoms with Crippen molar-refractivity contribution in [2.45, 2.75) is 58.2 Å². The van der Waals surface area contributed by atoms with Crippen LogP contribution < -0.4 is 16.0 Å². The van der Waals surface area contributed by atoms with Gasteiger partial charge in [-0.2, -0.15) is 0 Å². The Balaban J connectivity index is 0.00000363. The zero-order valence-electron chi connectivity index (χ0n) is 19.1. The van der Waals surface area contributed by atoms with E-state index in [0.29, 0.717) is 25.1 Å². The van der Waals surface area contributed by atoms with Crippen molar-refractivity contribution in [2.24, 2.45) is 10.9 Å². The second kappa shape index (κ2) is 13.8. The van der Waals surface area contributed by atoms with Crippen LogP contribution in [0.4, 0.5) is 9.18 Å². The van der Waals surface area contributed by atoms with Crippen LogP contribution in [0.1, 0.15) is 45.1 Å². The van der Waals surface area contributed by atoms with Gasteiger partial charge in [0.25, 0.3) is 0 Å². The minimum Gasteiger partial charge on any atom is -0.450 e. The van der Waals surface area contributed by atoms with E-state index < -0.39 is 0 Å². The molecule has 1 unspecified atom stereocenters. The number of carbonyl (C=O) groups excluding carboxylic acids is 1. The Morgan fingerprint density at radius 1 is 1.19 bits per heavy atom. The summed E-state index contributed by atoms with van der Waals surface area (Å²) in [4.78, 5) is 19.0. The highest BCUT2D eigenvalue weighted by atomic mass is 127. The van der Waals surface area contributed by atoms with E-state index in [1.54, 1.807) is 0 Å². The van der Waals surface area contributed by atoms with Crippen molar-refractivity contribution < 1.29 is 13.9 Å². The number of benzene rings is 1. The summed E-state index contributed by atoms with van der Waals surface area (Å²) < 4.78 is 18.1. The summed E-state index contributed by atoms with van der Waals surface area (Å²) >= 11 is 0. The highest BCUT2D eigenvalue weighted by Crippen LogP contribution is 2.32. The molecule has 3 N–H and O–H groups in total. The minimum absolute atomic E-state index is 0. The van der Waals surface area contributed by atoms with Gasteiger partial charge in [0.15, 0.2) is 5.96 Å². The molecule has 7 nitrogen and oxygen atoms in total. The quantitative estimate of drug-likeness (QED) is 0.245. The van der Waals surface area contributed by atoms with Crippen LogP contribution in [0.3, 0.4) is 0 Å². The van der Waals surface area contributed by atoms with Crippen LogP contribution in [0.15, 0.2) is 29.3 Å². The number of amides is 1. The normalized spacial score (nSPS) is 18.4. The number of alkyl carbamates (subject to hydrolysis) is 1. The molecule has 2 aliphatic rings. The Morgan fingerprint density at radius 2 is 1.88 bits per heavy atom. The van der Waals surface area contributed by atoms with Gasteiger partial charge in [-0.05, 0) is 63.1 Å². The fraction of sp³-hybridized carbons (Fsp3) is 0.652. The van der Waals surface area contributed by atoms with Crippen molar-refractivity contribution >= 4 is 36.0 Å². The van der Waals surface area contributed by atoms with Crippen LogP contribution in [-0.2, 0) is 11.3 Å². The Morgan fingerprint density at radius 3 is 2.47 bits per heavy atom. The number of likely N-dealkylation sites (tertiary alicyclic amines) is 1. The molecule has 1 aliphatic carbocycles. The third-order valence-electron chi connectivity index (χ3n) is 5.81. The summed E-state index contributed by atoms with van der Waals surface area (Å²) in [6.07, 6.45) is 3.95. The van der Waals surface area contributed by atoms with Gasteiger partial charge in [0.2, 0.25) is 0 Å². The van der Waals surface area contributed by atoms with Crippen molar-refractivity contribution in [1.82, 2.24) is 20.9 Å². The standard InChI is InChI=1S/C23H36FN5O2.HI/c1-3-25-22(26-15-21(18-7-8-18)28-23(30)31-4-2)27-20-11-13-29(14-12-20)16-17-5-9-19(24)10-6-17;/h5-6,9-10,18,20-21H,3-4,7-8,11-16H2,1-2H3,(H,28,30)(H2,25,26,27);1H. The van der Waals surface area contributed by atoms with Gasteiger partial charge in [0.05, 0.1) is 19.2 Å². The average molecular weight is 561 g/mol. The van der Waals surface area contributed by atoms with Gasteiger partial charge in [-0.25, -0.2) is 9.18 Å². The lowest BCUT2D eigenvalue weighted by atomic mass is 10.0. The van der Waals surface area contributed by atoms with E-state index >= 15 is 0 Å². The summed E-state index contributed by atoms with van der Waals surface area (Å²) in [5, 5.41) is 9.85. The van der Waals surface area contributed by atoms with Crippen LogP contribution >= 0.6 is 24.0 Å². The van der Waals surface area contributed by atoms with E-state index in [-0.39, 0.29) is 41.9 Å².